The van der Waals surface area contributed by atoms with Crippen LogP contribution in [0.15, 0.2) is 29.3 Å². The van der Waals surface area contributed by atoms with Gasteiger partial charge in [-0.15, -0.1) is 23.1 Å². The van der Waals surface area contributed by atoms with Gasteiger partial charge < -0.3 is 24.8 Å². The molecule has 1 amide bonds. The lowest BCUT2D eigenvalue weighted by Gasteiger charge is -2.38. The monoisotopic (exact) mass is 631 g/mol. The van der Waals surface area contributed by atoms with E-state index in [0.29, 0.717) is 52.9 Å². The molecular weight excluding hydrogens is 599 g/mol. The molecule has 1 aliphatic carbocycles. The van der Waals surface area contributed by atoms with Crippen molar-refractivity contribution in [1.82, 2.24) is 24.8 Å². The summed E-state index contributed by atoms with van der Waals surface area (Å²) in [4.78, 5) is 34.6. The SMILES string of the molecule is C[C@@H]1CN(c2ccc(Nc3ncc(C(F)(F)F)c(-c4cc5c(s4)C(=O)N(C4COC4)CCS5)n3)c(C3CC3)n2)CCN1C. The molecule has 0 radical (unpaired) electrons. The van der Waals surface area contributed by atoms with Gasteiger partial charge in [0.05, 0.1) is 41.2 Å². The van der Waals surface area contributed by atoms with Crippen molar-refractivity contribution in [2.45, 2.75) is 48.8 Å². The van der Waals surface area contributed by atoms with E-state index in [1.807, 2.05) is 12.1 Å². The highest BCUT2D eigenvalue weighted by molar-refractivity contribution is 7.99. The van der Waals surface area contributed by atoms with Crippen LogP contribution in [-0.2, 0) is 10.9 Å². The van der Waals surface area contributed by atoms with Crippen molar-refractivity contribution in [3.05, 3.63) is 40.5 Å². The minimum atomic E-state index is -4.66. The summed E-state index contributed by atoms with van der Waals surface area (Å²) in [5.41, 5.74) is 0.416. The fraction of sp³-hybridized carbons (Fsp3) is 0.517. The Labute approximate surface area is 255 Å². The number of thiophene rings is 1. The Morgan fingerprint density at radius 2 is 1.93 bits per heavy atom. The lowest BCUT2D eigenvalue weighted by Crippen LogP contribution is -2.52. The van der Waals surface area contributed by atoms with Gasteiger partial charge in [-0.25, -0.2) is 15.0 Å². The normalized spacial score (nSPS) is 21.9. The molecular formula is C29H32F3N7O2S2. The van der Waals surface area contributed by atoms with Crippen molar-refractivity contribution in [2.75, 3.05) is 62.4 Å². The van der Waals surface area contributed by atoms with E-state index in [9.17, 15) is 18.0 Å². The number of hydrogen-bond donors (Lipinski definition) is 1. The number of alkyl halides is 3. The number of piperazine rings is 1. The molecule has 0 aromatic carbocycles. The molecule has 2 saturated heterocycles. The molecule has 3 aromatic heterocycles. The average molecular weight is 632 g/mol. The first-order chi connectivity index (χ1) is 20.7. The molecule has 7 rings (SSSR count). The molecule has 3 fully saturated rings. The molecule has 6 heterocycles. The van der Waals surface area contributed by atoms with Crippen molar-refractivity contribution in [2.24, 2.45) is 0 Å². The molecule has 3 aliphatic heterocycles. The average Bonchev–Trinajstić information content (AvgIpc) is 3.73. The minimum Gasteiger partial charge on any atom is -0.377 e. The topological polar surface area (TPSA) is 86.7 Å². The Hall–Kier alpha value is -2.94. The van der Waals surface area contributed by atoms with Gasteiger partial charge in [-0.2, -0.15) is 13.2 Å². The lowest BCUT2D eigenvalue weighted by atomic mass is 10.1. The quantitative estimate of drug-likeness (QED) is 0.388. The van der Waals surface area contributed by atoms with Crippen molar-refractivity contribution in [3.63, 3.8) is 0 Å². The number of halogens is 3. The van der Waals surface area contributed by atoms with Gasteiger partial charge in [0.25, 0.3) is 5.91 Å². The second-order valence-corrected chi connectivity index (χ2v) is 13.8. The molecule has 1 N–H and O–H groups in total. The Bertz CT molecular complexity index is 1540. The summed E-state index contributed by atoms with van der Waals surface area (Å²) in [6.45, 7) is 6.45. The highest BCUT2D eigenvalue weighted by Crippen LogP contribution is 2.45. The summed E-state index contributed by atoms with van der Waals surface area (Å²) in [7, 11) is 2.12. The third-order valence-corrected chi connectivity index (χ3v) is 10.8. The van der Waals surface area contributed by atoms with Crippen LogP contribution in [0, 0.1) is 0 Å². The third kappa shape index (κ3) is 5.69. The number of fused-ring (bicyclic) bond motifs is 1. The van der Waals surface area contributed by atoms with E-state index in [4.69, 9.17) is 9.72 Å². The number of ether oxygens (including phenoxy) is 1. The van der Waals surface area contributed by atoms with Crippen molar-refractivity contribution >= 4 is 46.5 Å². The van der Waals surface area contributed by atoms with Crippen molar-refractivity contribution in [1.29, 1.82) is 0 Å². The maximum absolute atomic E-state index is 14.2. The highest BCUT2D eigenvalue weighted by atomic mass is 32.2. The second-order valence-electron chi connectivity index (χ2n) is 11.6. The Morgan fingerprint density at radius 1 is 1.12 bits per heavy atom. The second kappa shape index (κ2) is 11.2. The summed E-state index contributed by atoms with van der Waals surface area (Å²) in [6.07, 6.45) is -1.81. The number of pyridine rings is 1. The Kier molecular flexibility index (Phi) is 7.51. The van der Waals surface area contributed by atoms with Crippen LogP contribution in [0.4, 0.5) is 30.6 Å². The van der Waals surface area contributed by atoms with Gasteiger partial charge in [0.15, 0.2) is 0 Å². The molecule has 3 aromatic rings. The number of carbonyl (C=O) groups is 1. The molecule has 9 nitrogen and oxygen atoms in total. The summed E-state index contributed by atoms with van der Waals surface area (Å²) in [5, 5.41) is 3.18. The van der Waals surface area contributed by atoms with Crippen LogP contribution >= 0.6 is 23.1 Å². The Morgan fingerprint density at radius 3 is 2.63 bits per heavy atom. The van der Waals surface area contributed by atoms with Crippen molar-refractivity contribution in [3.8, 4) is 10.6 Å². The van der Waals surface area contributed by atoms with E-state index in [1.165, 1.54) is 11.8 Å². The minimum absolute atomic E-state index is 0.00510. The van der Waals surface area contributed by atoms with Crippen LogP contribution in [0.3, 0.4) is 0 Å². The predicted octanol–water partition coefficient (Wildman–Crippen LogP) is 5.33. The first-order valence-electron chi connectivity index (χ1n) is 14.5. The zero-order chi connectivity index (χ0) is 29.9. The number of hydrogen-bond acceptors (Lipinski definition) is 10. The predicted molar refractivity (Wildman–Crippen MR) is 161 cm³/mol. The van der Waals surface area contributed by atoms with Crippen LogP contribution < -0.4 is 10.2 Å². The summed E-state index contributed by atoms with van der Waals surface area (Å²) < 4.78 is 47.8. The molecule has 43 heavy (non-hydrogen) atoms. The van der Waals surface area contributed by atoms with E-state index in [0.717, 1.165) is 61.5 Å². The molecule has 0 bridgehead atoms. The van der Waals surface area contributed by atoms with Crippen LogP contribution in [-0.4, -0.2) is 94.9 Å². The number of nitrogens with zero attached hydrogens (tertiary/aromatic N) is 6. The lowest BCUT2D eigenvalue weighted by molar-refractivity contribution is -0.137. The van der Waals surface area contributed by atoms with E-state index in [2.05, 4.69) is 39.1 Å². The van der Waals surface area contributed by atoms with Crippen LogP contribution in [0.25, 0.3) is 10.6 Å². The van der Waals surface area contributed by atoms with E-state index < -0.39 is 11.7 Å². The zero-order valence-electron chi connectivity index (χ0n) is 23.9. The standard InChI is InChI=1S/C29H32F3N7O2S2/c1-16-13-38(8-7-37(16)2)23-6-5-20(24(35-23)17-3-4-17)34-28-33-12-19(29(30,31)32)25(36-28)21-11-22-26(43-21)27(40)39(9-10-42-22)18-14-41-15-18/h5-6,11-12,16-18H,3-4,7-10,13-15H2,1-2H3,(H,33,34,36)/t16-/m1/s1. The number of amides is 1. The van der Waals surface area contributed by atoms with Crippen LogP contribution in [0.1, 0.15) is 46.6 Å². The fourth-order valence-corrected chi connectivity index (χ4v) is 7.93. The molecule has 14 heteroatoms. The van der Waals surface area contributed by atoms with Gasteiger partial charge in [0.2, 0.25) is 5.95 Å². The first kappa shape index (κ1) is 28.8. The summed E-state index contributed by atoms with van der Waals surface area (Å²) in [5.74, 6) is 1.75. The molecule has 0 unspecified atom stereocenters. The van der Waals surface area contributed by atoms with Crippen molar-refractivity contribution < 1.29 is 22.7 Å². The van der Waals surface area contributed by atoms with Gasteiger partial charge in [-0.1, -0.05) is 0 Å². The van der Waals surface area contributed by atoms with Gasteiger partial charge in [0, 0.05) is 55.0 Å². The third-order valence-electron chi connectivity index (χ3n) is 8.54. The van der Waals surface area contributed by atoms with Gasteiger partial charge >= 0.3 is 6.18 Å². The summed E-state index contributed by atoms with van der Waals surface area (Å²) >= 11 is 2.54. The maximum Gasteiger partial charge on any atom is 0.420 e. The molecule has 228 valence electrons. The molecule has 0 spiro atoms. The zero-order valence-corrected chi connectivity index (χ0v) is 25.5. The first-order valence-corrected chi connectivity index (χ1v) is 16.3. The van der Waals surface area contributed by atoms with Gasteiger partial charge in [0.1, 0.15) is 16.3 Å². The number of aromatic nitrogens is 3. The number of thioether (sulfide) groups is 1. The largest absolute Gasteiger partial charge is 0.420 e. The number of likely N-dealkylation sites (N-methyl/N-ethyl adjacent to an activating group) is 1. The smallest absolute Gasteiger partial charge is 0.377 e. The maximum atomic E-state index is 14.2. The number of carbonyl (C=O) groups excluding carboxylic acids is 1. The number of rotatable bonds is 6. The molecule has 1 atom stereocenters. The summed E-state index contributed by atoms with van der Waals surface area (Å²) in [6, 6.07) is 5.96. The van der Waals surface area contributed by atoms with Crippen LogP contribution in [0.2, 0.25) is 0 Å². The molecule has 1 saturated carbocycles. The van der Waals surface area contributed by atoms with E-state index >= 15 is 0 Å². The molecule has 4 aliphatic rings. The fourth-order valence-electron chi connectivity index (χ4n) is 5.61. The van der Waals surface area contributed by atoms with Crippen LogP contribution in [0.5, 0.6) is 0 Å². The van der Waals surface area contributed by atoms with Gasteiger partial charge in [-0.05, 0) is 45.0 Å². The van der Waals surface area contributed by atoms with E-state index in [-0.39, 0.29) is 28.5 Å². The number of nitrogens with one attached hydrogen (secondary N) is 1. The van der Waals surface area contributed by atoms with E-state index in [1.54, 1.807) is 11.0 Å². The Balaban J connectivity index is 1.20. The highest BCUT2D eigenvalue weighted by Gasteiger charge is 2.38. The number of anilines is 3. The van der Waals surface area contributed by atoms with Gasteiger partial charge in [-0.3, -0.25) is 4.79 Å².